The molecule has 0 aliphatic heterocycles. The standard InChI is InChI=1S/C15H15NO3S/c1-9(2)19-11-5-3-10(4-6-11)12-7-8-16-14(20)13(12)15(17)18/h3-9H,1-2H3,(H,16,20)(H,17,18). The highest BCUT2D eigenvalue weighted by Gasteiger charge is 2.13. The lowest BCUT2D eigenvalue weighted by Crippen LogP contribution is -2.05. The Kier molecular flexibility index (Phi) is 4.20. The number of hydrogen-bond donors (Lipinski definition) is 2. The molecule has 0 atom stereocenters. The van der Waals surface area contributed by atoms with Crippen molar-refractivity contribution in [2.24, 2.45) is 0 Å². The summed E-state index contributed by atoms with van der Waals surface area (Å²) < 4.78 is 5.78. The smallest absolute Gasteiger partial charge is 0.339 e. The van der Waals surface area contributed by atoms with Crippen LogP contribution in [-0.2, 0) is 0 Å². The molecule has 0 aliphatic rings. The summed E-state index contributed by atoms with van der Waals surface area (Å²) in [6.45, 7) is 3.90. The largest absolute Gasteiger partial charge is 0.491 e. The van der Waals surface area contributed by atoms with Crippen molar-refractivity contribution in [2.45, 2.75) is 20.0 Å². The number of pyridine rings is 1. The van der Waals surface area contributed by atoms with Gasteiger partial charge in [-0.1, -0.05) is 24.4 Å². The van der Waals surface area contributed by atoms with Gasteiger partial charge in [0, 0.05) is 11.8 Å². The number of H-pyrrole nitrogens is 1. The van der Waals surface area contributed by atoms with Crippen molar-refractivity contribution < 1.29 is 14.6 Å². The number of hydrogen-bond acceptors (Lipinski definition) is 3. The lowest BCUT2D eigenvalue weighted by molar-refractivity contribution is 0.0696. The third-order valence-electron chi connectivity index (χ3n) is 2.71. The van der Waals surface area contributed by atoms with E-state index in [-0.39, 0.29) is 16.3 Å². The van der Waals surface area contributed by atoms with E-state index in [1.165, 1.54) is 0 Å². The third kappa shape index (κ3) is 3.05. The number of rotatable bonds is 4. The van der Waals surface area contributed by atoms with E-state index in [1.54, 1.807) is 12.3 Å². The molecule has 0 fully saturated rings. The van der Waals surface area contributed by atoms with Crippen LogP contribution in [0.1, 0.15) is 24.2 Å². The van der Waals surface area contributed by atoms with Crippen LogP contribution in [0, 0.1) is 4.64 Å². The predicted octanol–water partition coefficient (Wildman–Crippen LogP) is 3.90. The summed E-state index contributed by atoms with van der Waals surface area (Å²) in [5.41, 5.74) is 1.50. The van der Waals surface area contributed by atoms with Gasteiger partial charge in [-0.3, -0.25) is 0 Å². The highest BCUT2D eigenvalue weighted by molar-refractivity contribution is 7.71. The molecule has 1 heterocycles. The van der Waals surface area contributed by atoms with Crippen molar-refractivity contribution in [3.05, 3.63) is 46.7 Å². The van der Waals surface area contributed by atoms with Gasteiger partial charge < -0.3 is 14.8 Å². The van der Waals surface area contributed by atoms with Crippen LogP contribution in [0.5, 0.6) is 5.75 Å². The maximum absolute atomic E-state index is 11.3. The molecule has 0 saturated carbocycles. The molecule has 1 aromatic carbocycles. The zero-order valence-electron chi connectivity index (χ0n) is 11.2. The monoisotopic (exact) mass is 289 g/mol. The van der Waals surface area contributed by atoms with E-state index in [2.05, 4.69) is 4.98 Å². The van der Waals surface area contributed by atoms with E-state index >= 15 is 0 Å². The first kappa shape index (κ1) is 14.3. The lowest BCUT2D eigenvalue weighted by atomic mass is 10.0. The molecule has 2 aromatic rings. The number of nitrogens with one attached hydrogen (secondary N) is 1. The molecule has 4 nitrogen and oxygen atoms in total. The number of benzene rings is 1. The molecule has 2 N–H and O–H groups in total. The summed E-state index contributed by atoms with van der Waals surface area (Å²) in [6.07, 6.45) is 1.74. The topological polar surface area (TPSA) is 62.3 Å². The summed E-state index contributed by atoms with van der Waals surface area (Å²) >= 11 is 5.04. The second kappa shape index (κ2) is 5.88. The van der Waals surface area contributed by atoms with E-state index in [0.29, 0.717) is 5.56 Å². The Morgan fingerprint density at radius 1 is 1.25 bits per heavy atom. The van der Waals surface area contributed by atoms with Gasteiger partial charge in [0.05, 0.1) is 6.10 Å². The van der Waals surface area contributed by atoms with Gasteiger partial charge in [0.15, 0.2) is 0 Å². The lowest BCUT2D eigenvalue weighted by Gasteiger charge is -2.11. The first-order valence-electron chi connectivity index (χ1n) is 6.21. The maximum Gasteiger partial charge on any atom is 0.339 e. The van der Waals surface area contributed by atoms with Crippen LogP contribution in [0.2, 0.25) is 0 Å². The average Bonchev–Trinajstić information content (AvgIpc) is 2.38. The molecule has 104 valence electrons. The van der Waals surface area contributed by atoms with Gasteiger partial charge in [-0.25, -0.2) is 4.79 Å². The van der Waals surface area contributed by atoms with Crippen LogP contribution in [-0.4, -0.2) is 22.2 Å². The Bertz CT molecular complexity index is 674. The molecule has 0 bridgehead atoms. The van der Waals surface area contributed by atoms with E-state index in [4.69, 9.17) is 17.0 Å². The number of carboxylic acid groups (broad SMARTS) is 1. The van der Waals surface area contributed by atoms with E-state index < -0.39 is 5.97 Å². The Morgan fingerprint density at radius 2 is 1.90 bits per heavy atom. The van der Waals surface area contributed by atoms with E-state index in [0.717, 1.165) is 11.3 Å². The Balaban J connectivity index is 2.45. The fourth-order valence-corrected chi connectivity index (χ4v) is 2.18. The zero-order chi connectivity index (χ0) is 14.7. The number of carbonyl (C=O) groups is 1. The van der Waals surface area contributed by atoms with Crippen LogP contribution in [0.3, 0.4) is 0 Å². The summed E-state index contributed by atoms with van der Waals surface area (Å²) in [6, 6.07) is 9.00. The quantitative estimate of drug-likeness (QED) is 0.838. The fraction of sp³-hybridized carbons (Fsp3) is 0.200. The molecule has 0 spiro atoms. The van der Waals surface area contributed by atoms with Crippen molar-refractivity contribution in [3.63, 3.8) is 0 Å². The Labute approximate surface area is 122 Å². The molecule has 20 heavy (non-hydrogen) atoms. The molecular formula is C15H15NO3S. The highest BCUT2D eigenvalue weighted by Crippen LogP contribution is 2.26. The number of aromatic carboxylic acids is 1. The summed E-state index contributed by atoms with van der Waals surface area (Å²) in [5.74, 6) is -0.286. The Hall–Kier alpha value is -2.14. The van der Waals surface area contributed by atoms with Gasteiger partial charge in [0.1, 0.15) is 16.0 Å². The molecule has 0 radical (unpaired) electrons. The third-order valence-corrected chi connectivity index (χ3v) is 3.03. The van der Waals surface area contributed by atoms with E-state index in [1.807, 2.05) is 38.1 Å². The first-order chi connectivity index (χ1) is 9.49. The van der Waals surface area contributed by atoms with Gasteiger partial charge >= 0.3 is 5.97 Å². The molecule has 1 aromatic heterocycles. The normalized spacial score (nSPS) is 10.6. The second-order valence-electron chi connectivity index (χ2n) is 4.59. The Morgan fingerprint density at radius 3 is 2.45 bits per heavy atom. The second-order valence-corrected chi connectivity index (χ2v) is 5.00. The first-order valence-corrected chi connectivity index (χ1v) is 6.62. The van der Waals surface area contributed by atoms with E-state index in [9.17, 15) is 9.90 Å². The molecular weight excluding hydrogens is 274 g/mol. The minimum atomic E-state index is -1.04. The minimum absolute atomic E-state index is 0.0981. The number of ether oxygens (including phenoxy) is 1. The molecule has 0 aliphatic carbocycles. The molecule has 0 unspecified atom stereocenters. The van der Waals surface area contributed by atoms with Crippen LogP contribution in [0.15, 0.2) is 36.5 Å². The van der Waals surface area contributed by atoms with Crippen molar-refractivity contribution in [2.75, 3.05) is 0 Å². The van der Waals surface area contributed by atoms with Crippen LogP contribution < -0.4 is 4.74 Å². The molecule has 0 amide bonds. The van der Waals surface area contributed by atoms with Gasteiger partial charge in [0.2, 0.25) is 0 Å². The van der Waals surface area contributed by atoms with Gasteiger partial charge in [0.25, 0.3) is 0 Å². The average molecular weight is 289 g/mol. The predicted molar refractivity (Wildman–Crippen MR) is 79.8 cm³/mol. The van der Waals surface area contributed by atoms with Crippen molar-refractivity contribution in [1.82, 2.24) is 4.98 Å². The molecule has 2 rings (SSSR count). The van der Waals surface area contributed by atoms with Crippen molar-refractivity contribution in [3.8, 4) is 16.9 Å². The summed E-state index contributed by atoms with van der Waals surface area (Å²) in [4.78, 5) is 14.1. The van der Waals surface area contributed by atoms with Gasteiger partial charge in [-0.15, -0.1) is 0 Å². The summed E-state index contributed by atoms with van der Waals surface area (Å²) in [7, 11) is 0. The zero-order valence-corrected chi connectivity index (χ0v) is 12.0. The van der Waals surface area contributed by atoms with Crippen molar-refractivity contribution >= 4 is 18.2 Å². The van der Waals surface area contributed by atoms with Gasteiger partial charge in [-0.05, 0) is 37.6 Å². The molecule has 5 heteroatoms. The van der Waals surface area contributed by atoms with Crippen LogP contribution >= 0.6 is 12.2 Å². The van der Waals surface area contributed by atoms with Crippen molar-refractivity contribution in [1.29, 1.82) is 0 Å². The van der Waals surface area contributed by atoms with Crippen LogP contribution in [0.25, 0.3) is 11.1 Å². The van der Waals surface area contributed by atoms with Crippen LogP contribution in [0.4, 0.5) is 0 Å². The minimum Gasteiger partial charge on any atom is -0.491 e. The number of carboxylic acids is 1. The molecule has 0 saturated heterocycles. The fourth-order valence-electron chi connectivity index (χ4n) is 1.92. The summed E-state index contributed by atoms with van der Waals surface area (Å²) in [5, 5.41) is 9.27. The van der Waals surface area contributed by atoms with Gasteiger partial charge in [-0.2, -0.15) is 0 Å². The number of aromatic nitrogens is 1. The maximum atomic E-state index is 11.3. The SMILES string of the molecule is CC(C)Oc1ccc(-c2cc[nH]c(=S)c2C(=O)O)cc1. The number of aromatic amines is 1. The highest BCUT2D eigenvalue weighted by atomic mass is 32.1.